The third-order valence-corrected chi connectivity index (χ3v) is 4.92. The van der Waals surface area contributed by atoms with E-state index in [1.165, 1.54) is 12.1 Å². The minimum Gasteiger partial charge on any atom is -0.459 e. The van der Waals surface area contributed by atoms with E-state index in [0.29, 0.717) is 44.1 Å². The van der Waals surface area contributed by atoms with Crippen molar-refractivity contribution in [3.63, 3.8) is 0 Å². The van der Waals surface area contributed by atoms with Gasteiger partial charge < -0.3 is 4.74 Å². The summed E-state index contributed by atoms with van der Waals surface area (Å²) >= 11 is 0. The Balaban J connectivity index is 1.86. The quantitative estimate of drug-likeness (QED) is 0.470. The lowest BCUT2D eigenvalue weighted by Gasteiger charge is -2.29. The van der Waals surface area contributed by atoms with Gasteiger partial charge in [-0.15, -0.1) is 0 Å². The average Bonchev–Trinajstić information content (AvgIpc) is 2.55. The molecule has 1 saturated carbocycles. The smallest absolute Gasteiger partial charge is 0.459 e. The molecule has 0 heterocycles. The molecule has 0 unspecified atom stereocenters. The van der Waals surface area contributed by atoms with Crippen molar-refractivity contribution in [2.75, 3.05) is 6.61 Å². The molecule has 26 heavy (non-hydrogen) atoms. The van der Waals surface area contributed by atoms with Crippen molar-refractivity contribution >= 4 is 5.97 Å². The first kappa shape index (κ1) is 20.6. The van der Waals surface area contributed by atoms with E-state index in [2.05, 4.69) is 4.74 Å². The second kappa shape index (κ2) is 8.82. The van der Waals surface area contributed by atoms with Crippen LogP contribution in [-0.4, -0.2) is 18.8 Å². The lowest BCUT2D eigenvalue weighted by molar-refractivity contribution is -0.200. The van der Waals surface area contributed by atoms with Gasteiger partial charge in [0.25, 0.3) is 0 Å². The van der Waals surface area contributed by atoms with E-state index in [4.69, 9.17) is 0 Å². The van der Waals surface area contributed by atoms with E-state index >= 15 is 0 Å². The second-order valence-electron chi connectivity index (χ2n) is 6.86. The third-order valence-electron chi connectivity index (χ3n) is 4.92. The molecule has 1 fully saturated rings. The Bertz CT molecular complexity index is 596. The molecule has 1 aliphatic rings. The van der Waals surface area contributed by atoms with E-state index < -0.39 is 23.8 Å². The molecule has 0 amide bonds. The average molecular weight is 378 g/mol. The van der Waals surface area contributed by atoms with Crippen LogP contribution in [0.5, 0.6) is 0 Å². The molecular weight excluding hydrogens is 355 g/mol. The highest BCUT2D eigenvalue weighted by molar-refractivity contribution is 5.75. The number of halogens is 5. The minimum absolute atomic E-state index is 0.0952. The SMILES string of the molecule is CCCc1cc(F)c(C2CCC(CCOC(=O)C(F)(F)F)CC2)c(F)c1. The molecule has 0 bridgehead atoms. The van der Waals surface area contributed by atoms with Crippen LogP contribution in [0.3, 0.4) is 0 Å². The molecule has 0 saturated heterocycles. The third kappa shape index (κ3) is 5.42. The summed E-state index contributed by atoms with van der Waals surface area (Å²) in [4.78, 5) is 10.7. The summed E-state index contributed by atoms with van der Waals surface area (Å²) in [5, 5.41) is 0. The van der Waals surface area contributed by atoms with Gasteiger partial charge in [-0.1, -0.05) is 13.3 Å². The Hall–Kier alpha value is -1.66. The maximum absolute atomic E-state index is 14.3. The highest BCUT2D eigenvalue weighted by Gasteiger charge is 2.41. The molecule has 0 N–H and O–H groups in total. The van der Waals surface area contributed by atoms with Gasteiger partial charge in [-0.05, 0) is 68.1 Å². The fourth-order valence-corrected chi connectivity index (χ4v) is 3.60. The Morgan fingerprint density at radius 1 is 1.12 bits per heavy atom. The Kier molecular flexibility index (Phi) is 7.01. The summed E-state index contributed by atoms with van der Waals surface area (Å²) in [5.74, 6) is -3.34. The zero-order chi connectivity index (χ0) is 19.3. The van der Waals surface area contributed by atoms with E-state index in [9.17, 15) is 26.7 Å². The van der Waals surface area contributed by atoms with Crippen molar-refractivity contribution < 1.29 is 31.5 Å². The second-order valence-corrected chi connectivity index (χ2v) is 6.86. The zero-order valence-corrected chi connectivity index (χ0v) is 14.7. The number of carbonyl (C=O) groups excluding carboxylic acids is 1. The van der Waals surface area contributed by atoms with Gasteiger partial charge in [-0.3, -0.25) is 0 Å². The summed E-state index contributed by atoms with van der Waals surface area (Å²) in [6.07, 6.45) is -0.795. The normalized spacial score (nSPS) is 20.8. The lowest BCUT2D eigenvalue weighted by atomic mass is 9.77. The Morgan fingerprint density at radius 3 is 2.19 bits per heavy atom. The van der Waals surface area contributed by atoms with Gasteiger partial charge in [0.05, 0.1) is 6.61 Å². The maximum atomic E-state index is 14.3. The fraction of sp³-hybridized carbons (Fsp3) is 0.632. The molecule has 0 aliphatic heterocycles. The molecule has 1 aliphatic carbocycles. The number of benzene rings is 1. The number of hydrogen-bond acceptors (Lipinski definition) is 2. The van der Waals surface area contributed by atoms with Crippen LogP contribution in [0, 0.1) is 17.6 Å². The highest BCUT2D eigenvalue weighted by Crippen LogP contribution is 2.39. The molecule has 7 heteroatoms. The van der Waals surface area contributed by atoms with Gasteiger partial charge in [0.15, 0.2) is 0 Å². The molecule has 0 spiro atoms. The number of hydrogen-bond donors (Lipinski definition) is 0. The van der Waals surface area contributed by atoms with Crippen LogP contribution in [0.2, 0.25) is 0 Å². The Morgan fingerprint density at radius 2 is 1.69 bits per heavy atom. The van der Waals surface area contributed by atoms with Gasteiger partial charge in [0.2, 0.25) is 0 Å². The van der Waals surface area contributed by atoms with Gasteiger partial charge in [-0.25, -0.2) is 13.6 Å². The van der Waals surface area contributed by atoms with E-state index in [1.54, 1.807) is 0 Å². The van der Waals surface area contributed by atoms with Gasteiger partial charge in [0.1, 0.15) is 11.6 Å². The first-order valence-electron chi connectivity index (χ1n) is 8.94. The number of carbonyl (C=O) groups is 1. The molecule has 2 nitrogen and oxygen atoms in total. The van der Waals surface area contributed by atoms with Gasteiger partial charge >= 0.3 is 12.1 Å². The molecule has 1 aromatic carbocycles. The van der Waals surface area contributed by atoms with E-state index in [0.717, 1.165) is 6.42 Å². The summed E-state index contributed by atoms with van der Waals surface area (Å²) in [7, 11) is 0. The summed E-state index contributed by atoms with van der Waals surface area (Å²) < 4.78 is 69.0. The first-order chi connectivity index (χ1) is 12.2. The fourth-order valence-electron chi connectivity index (χ4n) is 3.60. The highest BCUT2D eigenvalue weighted by atomic mass is 19.4. The summed E-state index contributed by atoms with van der Waals surface area (Å²) in [5.41, 5.74) is 0.762. The standard InChI is InChI=1S/C19H23F5O2/c1-2-3-13-10-15(20)17(16(21)11-13)14-6-4-12(5-7-14)8-9-26-18(25)19(22,23)24/h10-12,14H,2-9H2,1H3. The lowest BCUT2D eigenvalue weighted by Crippen LogP contribution is -2.26. The largest absolute Gasteiger partial charge is 0.490 e. The number of esters is 1. The predicted octanol–water partition coefficient (Wildman–Crippen LogP) is 5.69. The van der Waals surface area contributed by atoms with Crippen molar-refractivity contribution in [3.8, 4) is 0 Å². The number of ether oxygens (including phenoxy) is 1. The van der Waals surface area contributed by atoms with E-state index in [-0.39, 0.29) is 24.0 Å². The minimum atomic E-state index is -4.98. The van der Waals surface area contributed by atoms with Crippen molar-refractivity contribution in [1.82, 2.24) is 0 Å². The number of rotatable bonds is 6. The Labute approximate surface area is 149 Å². The van der Waals surface area contributed by atoms with Crippen molar-refractivity contribution in [2.24, 2.45) is 5.92 Å². The van der Waals surface area contributed by atoms with Gasteiger partial charge in [-0.2, -0.15) is 13.2 Å². The van der Waals surface area contributed by atoms with Crippen molar-refractivity contribution in [1.29, 1.82) is 0 Å². The van der Waals surface area contributed by atoms with Gasteiger partial charge in [0, 0.05) is 5.56 Å². The van der Waals surface area contributed by atoms with Crippen LogP contribution in [0.4, 0.5) is 22.0 Å². The monoisotopic (exact) mass is 378 g/mol. The van der Waals surface area contributed by atoms with Crippen molar-refractivity contribution in [3.05, 3.63) is 34.9 Å². The predicted molar refractivity (Wildman–Crippen MR) is 86.7 cm³/mol. The van der Waals surface area contributed by atoms with Crippen molar-refractivity contribution in [2.45, 2.75) is 64.0 Å². The zero-order valence-electron chi connectivity index (χ0n) is 14.7. The molecule has 0 aromatic heterocycles. The molecule has 146 valence electrons. The van der Waals surface area contributed by atoms with Crippen LogP contribution in [-0.2, 0) is 16.0 Å². The maximum Gasteiger partial charge on any atom is 0.490 e. The first-order valence-corrected chi connectivity index (χ1v) is 8.94. The topological polar surface area (TPSA) is 26.3 Å². The van der Waals surface area contributed by atoms with Crippen LogP contribution < -0.4 is 0 Å². The van der Waals surface area contributed by atoms with E-state index in [1.807, 2.05) is 6.92 Å². The van der Waals surface area contributed by atoms with Crippen LogP contribution >= 0.6 is 0 Å². The van der Waals surface area contributed by atoms with Crippen LogP contribution in [0.15, 0.2) is 12.1 Å². The number of aryl methyl sites for hydroxylation is 1. The molecular formula is C19H23F5O2. The number of alkyl halides is 3. The van der Waals surface area contributed by atoms with Crippen LogP contribution in [0.1, 0.15) is 62.5 Å². The molecule has 0 atom stereocenters. The summed E-state index contributed by atoms with van der Waals surface area (Å²) in [6, 6.07) is 2.79. The molecule has 2 rings (SSSR count). The summed E-state index contributed by atoms with van der Waals surface area (Å²) in [6.45, 7) is 1.65. The molecule has 0 radical (unpaired) electrons. The van der Waals surface area contributed by atoms with Crippen LogP contribution in [0.25, 0.3) is 0 Å². The molecule has 1 aromatic rings.